The molecule has 2 aliphatic heterocycles. The van der Waals surface area contributed by atoms with E-state index < -0.39 is 36.1 Å². The molecule has 0 bridgehead atoms. The average molecular weight is 468 g/mol. The Bertz CT molecular complexity index is 1680. The molecule has 0 aromatic heterocycles. The summed E-state index contributed by atoms with van der Waals surface area (Å²) in [5.41, 5.74) is 0.945. The molecule has 9 heteroatoms. The van der Waals surface area contributed by atoms with Crippen LogP contribution >= 0.6 is 0 Å². The second-order valence-corrected chi connectivity index (χ2v) is 8.07. The van der Waals surface area contributed by atoms with Crippen LogP contribution in [0.1, 0.15) is 63.6 Å². The molecule has 0 fully saturated rings. The fraction of sp³-hybridized carbons (Fsp3) is 0.0385. The second-order valence-electron chi connectivity index (χ2n) is 8.07. The first-order valence-electron chi connectivity index (χ1n) is 10.4. The number of esters is 5. The Hall–Kier alpha value is -4.89. The van der Waals surface area contributed by atoms with Gasteiger partial charge in [-0.15, -0.1) is 0 Å². The summed E-state index contributed by atoms with van der Waals surface area (Å²) in [6, 6.07) is 15.0. The standard InChI is InChI=1S/C26H12O9/c27-21(13-3-1-11-7-17-19(9-15(11)5-13)25(31)34-23(17)29)33-22(28)14-4-2-12-8-18-20(10-16(12)6-14)26(32)35-24(18)30/h1-10,25,31H. The lowest BCUT2D eigenvalue weighted by Gasteiger charge is -2.07. The van der Waals surface area contributed by atoms with E-state index in [1.165, 1.54) is 42.5 Å². The number of fused-ring (bicyclic) bond motifs is 4. The van der Waals surface area contributed by atoms with Gasteiger partial charge in [0.1, 0.15) is 0 Å². The van der Waals surface area contributed by atoms with Gasteiger partial charge in [-0.3, -0.25) is 0 Å². The van der Waals surface area contributed by atoms with Crippen molar-refractivity contribution in [1.29, 1.82) is 0 Å². The van der Waals surface area contributed by atoms with Crippen LogP contribution in [0.25, 0.3) is 21.5 Å². The first kappa shape index (κ1) is 20.7. The quantitative estimate of drug-likeness (QED) is 0.267. The van der Waals surface area contributed by atoms with Gasteiger partial charge in [-0.1, -0.05) is 12.1 Å². The summed E-state index contributed by atoms with van der Waals surface area (Å²) >= 11 is 0. The highest BCUT2D eigenvalue weighted by atomic mass is 16.6. The van der Waals surface area contributed by atoms with E-state index >= 15 is 0 Å². The fourth-order valence-electron chi connectivity index (χ4n) is 4.21. The molecular formula is C26H12O9. The third kappa shape index (κ3) is 3.25. The van der Waals surface area contributed by atoms with Crippen LogP contribution < -0.4 is 0 Å². The molecule has 0 spiro atoms. The summed E-state index contributed by atoms with van der Waals surface area (Å²) in [7, 11) is 0. The monoisotopic (exact) mass is 468 g/mol. The summed E-state index contributed by atoms with van der Waals surface area (Å²) in [6.07, 6.45) is -1.38. The zero-order valence-electron chi connectivity index (χ0n) is 17.6. The lowest BCUT2D eigenvalue weighted by atomic mass is 10.00. The number of aliphatic hydroxyl groups is 1. The third-order valence-corrected chi connectivity index (χ3v) is 5.97. The van der Waals surface area contributed by atoms with Crippen molar-refractivity contribution >= 4 is 51.4 Å². The number of benzene rings is 4. The normalized spacial score (nSPS) is 16.1. The van der Waals surface area contributed by atoms with E-state index in [0.717, 1.165) is 0 Å². The maximum absolute atomic E-state index is 12.6. The number of hydrogen-bond acceptors (Lipinski definition) is 9. The van der Waals surface area contributed by atoms with Gasteiger partial charge in [0.2, 0.25) is 6.29 Å². The van der Waals surface area contributed by atoms with Crippen LogP contribution in [0.2, 0.25) is 0 Å². The van der Waals surface area contributed by atoms with Crippen molar-refractivity contribution in [2.45, 2.75) is 6.29 Å². The molecule has 0 saturated carbocycles. The van der Waals surface area contributed by atoms with E-state index in [-0.39, 0.29) is 33.4 Å². The molecule has 0 aliphatic carbocycles. The van der Waals surface area contributed by atoms with Crippen LogP contribution in [0.5, 0.6) is 0 Å². The Morgan fingerprint density at radius 1 is 0.657 bits per heavy atom. The van der Waals surface area contributed by atoms with Gasteiger partial charge in [0.15, 0.2) is 0 Å². The lowest BCUT2D eigenvalue weighted by molar-refractivity contribution is -0.0547. The number of rotatable bonds is 2. The second kappa shape index (κ2) is 7.31. The molecule has 2 aliphatic rings. The molecule has 35 heavy (non-hydrogen) atoms. The van der Waals surface area contributed by atoms with Gasteiger partial charge in [-0.05, 0) is 70.1 Å². The summed E-state index contributed by atoms with van der Waals surface area (Å²) in [5.74, 6) is -3.92. The predicted molar refractivity (Wildman–Crippen MR) is 118 cm³/mol. The number of cyclic esters (lactones) is 3. The molecule has 1 unspecified atom stereocenters. The van der Waals surface area contributed by atoms with E-state index in [0.29, 0.717) is 21.5 Å². The zero-order chi connectivity index (χ0) is 24.4. The van der Waals surface area contributed by atoms with Crippen molar-refractivity contribution in [3.05, 3.63) is 94.0 Å². The molecule has 0 amide bonds. The molecule has 4 aromatic rings. The minimum Gasteiger partial charge on any atom is -0.428 e. The summed E-state index contributed by atoms with van der Waals surface area (Å²) in [4.78, 5) is 60.6. The highest BCUT2D eigenvalue weighted by Crippen LogP contribution is 2.33. The minimum atomic E-state index is -1.38. The third-order valence-electron chi connectivity index (χ3n) is 5.97. The van der Waals surface area contributed by atoms with Crippen molar-refractivity contribution in [3.63, 3.8) is 0 Å². The van der Waals surface area contributed by atoms with Crippen LogP contribution in [0.3, 0.4) is 0 Å². The van der Waals surface area contributed by atoms with Gasteiger partial charge in [0.05, 0.1) is 27.8 Å². The number of carbonyl (C=O) groups excluding carboxylic acids is 5. The van der Waals surface area contributed by atoms with Gasteiger partial charge in [-0.2, -0.15) is 0 Å². The molecule has 9 nitrogen and oxygen atoms in total. The van der Waals surface area contributed by atoms with E-state index in [2.05, 4.69) is 4.74 Å². The maximum Gasteiger partial charge on any atom is 0.346 e. The Morgan fingerprint density at radius 2 is 1.17 bits per heavy atom. The fourth-order valence-corrected chi connectivity index (χ4v) is 4.21. The smallest absolute Gasteiger partial charge is 0.346 e. The molecule has 0 saturated heterocycles. The minimum absolute atomic E-state index is 0.0703. The van der Waals surface area contributed by atoms with Crippen molar-refractivity contribution in [3.8, 4) is 0 Å². The number of ether oxygens (including phenoxy) is 3. The number of carbonyl (C=O) groups is 5. The van der Waals surface area contributed by atoms with Crippen LogP contribution in [-0.4, -0.2) is 35.0 Å². The maximum atomic E-state index is 12.6. The SMILES string of the molecule is O=C(OC(=O)c1ccc2cc3c(cc2c1)C(O)OC3=O)c1ccc2cc3c(cc2c1)C(=O)OC3=O. The van der Waals surface area contributed by atoms with Crippen LogP contribution in [0, 0.1) is 0 Å². The van der Waals surface area contributed by atoms with Crippen LogP contribution in [-0.2, 0) is 14.2 Å². The van der Waals surface area contributed by atoms with Gasteiger partial charge in [-0.25, -0.2) is 24.0 Å². The molecule has 1 atom stereocenters. The predicted octanol–water partition coefficient (Wildman–Crippen LogP) is 3.46. The molecule has 4 aromatic carbocycles. The number of hydrogen-bond donors (Lipinski definition) is 1. The average Bonchev–Trinajstić information content (AvgIpc) is 3.28. The zero-order valence-corrected chi connectivity index (χ0v) is 17.6. The van der Waals surface area contributed by atoms with Crippen LogP contribution in [0.15, 0.2) is 60.7 Å². The molecule has 0 radical (unpaired) electrons. The summed E-state index contributed by atoms with van der Waals surface area (Å²) in [5, 5.41) is 12.1. The molecule has 170 valence electrons. The molecule has 6 rings (SSSR count). The van der Waals surface area contributed by atoms with E-state index in [1.54, 1.807) is 18.2 Å². The highest BCUT2D eigenvalue weighted by Gasteiger charge is 2.31. The van der Waals surface area contributed by atoms with E-state index in [4.69, 9.17) is 9.47 Å². The lowest BCUT2D eigenvalue weighted by Crippen LogP contribution is -2.13. The van der Waals surface area contributed by atoms with Crippen molar-refractivity contribution in [1.82, 2.24) is 0 Å². The summed E-state index contributed by atoms with van der Waals surface area (Å²) < 4.78 is 14.4. The van der Waals surface area contributed by atoms with E-state index in [9.17, 15) is 29.1 Å². The largest absolute Gasteiger partial charge is 0.428 e. The van der Waals surface area contributed by atoms with Crippen molar-refractivity contribution in [2.24, 2.45) is 0 Å². The first-order valence-corrected chi connectivity index (χ1v) is 10.4. The Labute approximate surface area is 195 Å². The van der Waals surface area contributed by atoms with Gasteiger partial charge >= 0.3 is 29.8 Å². The number of aliphatic hydroxyl groups excluding tert-OH is 1. The Morgan fingerprint density at radius 3 is 1.77 bits per heavy atom. The highest BCUT2D eigenvalue weighted by molar-refractivity contribution is 6.17. The summed E-state index contributed by atoms with van der Waals surface area (Å²) in [6.45, 7) is 0. The van der Waals surface area contributed by atoms with Gasteiger partial charge in [0.25, 0.3) is 0 Å². The molecule has 1 N–H and O–H groups in total. The van der Waals surface area contributed by atoms with E-state index in [1.807, 2.05) is 0 Å². The first-order chi connectivity index (χ1) is 16.8. The van der Waals surface area contributed by atoms with Crippen molar-refractivity contribution in [2.75, 3.05) is 0 Å². The molecule has 2 heterocycles. The Kier molecular flexibility index (Phi) is 4.32. The Balaban J connectivity index is 1.28. The van der Waals surface area contributed by atoms with Gasteiger partial charge < -0.3 is 19.3 Å². The topological polar surface area (TPSA) is 133 Å². The van der Waals surface area contributed by atoms with Crippen molar-refractivity contribution < 1.29 is 43.3 Å². The van der Waals surface area contributed by atoms with Crippen LogP contribution in [0.4, 0.5) is 0 Å². The molecular weight excluding hydrogens is 456 g/mol. The van der Waals surface area contributed by atoms with Gasteiger partial charge in [0, 0.05) is 5.56 Å².